The lowest BCUT2D eigenvalue weighted by atomic mass is 10.0. The highest BCUT2D eigenvalue weighted by Gasteiger charge is 2.54. The molecule has 0 spiro atoms. The van der Waals surface area contributed by atoms with E-state index in [1.165, 1.54) is 35.9 Å². The fourth-order valence-corrected chi connectivity index (χ4v) is 5.46. The third-order valence-corrected chi connectivity index (χ3v) is 7.56. The largest absolute Gasteiger partial charge is 0.478 e. The van der Waals surface area contributed by atoms with Crippen LogP contribution >= 0.6 is 47.9 Å². The Balaban J connectivity index is 0.00000267. The number of oxime groups is 1. The second kappa shape index (κ2) is 12.6. The molecule has 0 aliphatic carbocycles. The van der Waals surface area contributed by atoms with Gasteiger partial charge in [-0.25, -0.2) is 19.1 Å². The first-order valence-electron chi connectivity index (χ1n) is 10.9. The normalized spacial score (nSPS) is 18.7. The molecule has 4 heterocycles. The van der Waals surface area contributed by atoms with Crippen molar-refractivity contribution in [3.63, 3.8) is 0 Å². The van der Waals surface area contributed by atoms with Gasteiger partial charge in [0.05, 0.1) is 0 Å². The fraction of sp³-hybridized carbons (Fsp3) is 0.318. The molecule has 2 aliphatic heterocycles. The molecular weight excluding hydrogens is 595 g/mol. The standard InChI is InChI=1S/C22H22N6O7S2.2ClH/c1-22(2,20(33)34)35-26-13(12-10-37-21(23)24-12)16(29)25-14-17(30)28-15(19(31)32)11(9-36-18(14)28)8-27-6-4-3-5-7-27;;/h3-7,10,14,18H,8-9H2,1-2H3,(H4-,23,24,25,29,31,32,33,34);2*1H/p+1/t14-,18-;;/m1../s1. The first-order valence-corrected chi connectivity index (χ1v) is 12.8. The predicted molar refractivity (Wildman–Crippen MR) is 147 cm³/mol. The molecule has 0 bridgehead atoms. The molecule has 0 saturated carbocycles. The highest BCUT2D eigenvalue weighted by Crippen LogP contribution is 2.40. The Labute approximate surface area is 242 Å². The number of nitrogen functional groups attached to an aromatic ring is 1. The average Bonchev–Trinajstić information content (AvgIpc) is 3.28. The van der Waals surface area contributed by atoms with Crippen LogP contribution in [0, 0.1) is 0 Å². The van der Waals surface area contributed by atoms with Gasteiger partial charge in [-0.05, 0) is 13.8 Å². The third-order valence-electron chi connectivity index (χ3n) is 5.55. The molecule has 0 unspecified atom stereocenters. The number of pyridine rings is 1. The SMILES string of the molecule is CC(C)(ON=C(C(=O)N[C@@H]1C(=O)N2C(C(=O)O)=C(C[n+]3ccccc3)CS[C@H]12)c1csc(N)n1)C(=O)O.Cl.Cl. The molecule has 2 aromatic rings. The molecule has 1 fully saturated rings. The fourth-order valence-electron chi connectivity index (χ4n) is 3.57. The van der Waals surface area contributed by atoms with E-state index in [4.69, 9.17) is 10.6 Å². The third kappa shape index (κ3) is 6.61. The van der Waals surface area contributed by atoms with Crippen molar-refractivity contribution in [2.24, 2.45) is 5.16 Å². The van der Waals surface area contributed by atoms with Crippen molar-refractivity contribution in [1.29, 1.82) is 0 Å². The number of thiazole rings is 1. The van der Waals surface area contributed by atoms with Gasteiger partial charge in [-0.1, -0.05) is 11.2 Å². The number of rotatable bonds is 9. The van der Waals surface area contributed by atoms with Gasteiger partial charge in [-0.15, -0.1) is 47.9 Å². The molecule has 2 aliphatic rings. The zero-order valence-electron chi connectivity index (χ0n) is 20.5. The summed E-state index contributed by atoms with van der Waals surface area (Å²) in [5, 5.41) is 26.3. The molecule has 0 aromatic carbocycles. The number of nitrogens with one attached hydrogen (secondary N) is 1. The summed E-state index contributed by atoms with van der Waals surface area (Å²) in [5.41, 5.74) is 4.04. The number of anilines is 1. The van der Waals surface area contributed by atoms with Gasteiger partial charge in [0.1, 0.15) is 22.8 Å². The Bertz CT molecular complexity index is 1340. The van der Waals surface area contributed by atoms with E-state index in [-0.39, 0.29) is 47.0 Å². The topological polar surface area (TPSA) is 188 Å². The van der Waals surface area contributed by atoms with Gasteiger partial charge in [-0.3, -0.25) is 14.5 Å². The molecular formula is C22H25Cl2N6O7S2+. The van der Waals surface area contributed by atoms with Crippen LogP contribution in [-0.2, 0) is 30.6 Å². The van der Waals surface area contributed by atoms with Crippen molar-refractivity contribution in [3.8, 4) is 0 Å². The number of aromatic nitrogens is 2. The first-order chi connectivity index (χ1) is 17.5. The minimum atomic E-state index is -1.75. The van der Waals surface area contributed by atoms with E-state index in [2.05, 4.69) is 15.5 Å². The second-order valence-electron chi connectivity index (χ2n) is 8.58. The number of amides is 2. The van der Waals surface area contributed by atoms with Gasteiger partial charge in [0.25, 0.3) is 11.8 Å². The van der Waals surface area contributed by atoms with E-state index < -0.39 is 40.8 Å². The van der Waals surface area contributed by atoms with E-state index in [1.54, 1.807) is 12.4 Å². The van der Waals surface area contributed by atoms with Crippen LogP contribution in [0.1, 0.15) is 19.5 Å². The zero-order chi connectivity index (χ0) is 26.9. The van der Waals surface area contributed by atoms with E-state index in [9.17, 15) is 29.4 Å². The number of β-lactam (4-membered cyclic amide) rings is 1. The van der Waals surface area contributed by atoms with Crippen LogP contribution in [-0.4, -0.2) is 72.3 Å². The highest BCUT2D eigenvalue weighted by atomic mass is 35.5. The van der Waals surface area contributed by atoms with E-state index in [0.29, 0.717) is 17.9 Å². The number of carbonyl (C=O) groups excluding carboxylic acids is 2. The predicted octanol–water partition coefficient (Wildman–Crippen LogP) is 0.879. The molecule has 13 nitrogen and oxygen atoms in total. The van der Waals surface area contributed by atoms with Crippen molar-refractivity contribution >= 4 is 82.5 Å². The number of hydrogen-bond acceptors (Lipinski definition) is 10. The Morgan fingerprint density at radius 1 is 1.26 bits per heavy atom. The molecule has 1 saturated heterocycles. The van der Waals surface area contributed by atoms with Crippen LogP contribution in [0.25, 0.3) is 0 Å². The number of fused-ring (bicyclic) bond motifs is 1. The van der Waals surface area contributed by atoms with Crippen LogP contribution in [0.2, 0.25) is 0 Å². The average molecular weight is 621 g/mol. The molecule has 17 heteroatoms. The molecule has 0 radical (unpaired) electrons. The molecule has 5 N–H and O–H groups in total. The number of carboxylic acids is 2. The molecule has 2 amide bonds. The number of aliphatic carboxylic acids is 2. The van der Waals surface area contributed by atoms with Gasteiger partial charge in [0, 0.05) is 28.8 Å². The minimum absolute atomic E-state index is 0. The monoisotopic (exact) mass is 619 g/mol. The first kappa shape index (κ1) is 31.8. The number of hydrogen-bond donors (Lipinski definition) is 4. The van der Waals surface area contributed by atoms with Crippen molar-refractivity contribution in [1.82, 2.24) is 15.2 Å². The van der Waals surface area contributed by atoms with Gasteiger partial charge < -0.3 is 26.1 Å². The Hall–Kier alpha value is -3.40. The van der Waals surface area contributed by atoms with Crippen LogP contribution in [0.5, 0.6) is 0 Å². The highest BCUT2D eigenvalue weighted by molar-refractivity contribution is 8.00. The van der Waals surface area contributed by atoms with E-state index >= 15 is 0 Å². The molecule has 210 valence electrons. The van der Waals surface area contributed by atoms with Crippen molar-refractivity contribution in [2.75, 3.05) is 11.5 Å². The molecule has 39 heavy (non-hydrogen) atoms. The lowest BCUT2D eigenvalue weighted by Gasteiger charge is -2.49. The van der Waals surface area contributed by atoms with Crippen LogP contribution in [0.4, 0.5) is 5.13 Å². The smallest absolute Gasteiger partial charge is 0.352 e. The number of halogens is 2. The Morgan fingerprint density at radius 2 is 1.92 bits per heavy atom. The van der Waals surface area contributed by atoms with Crippen LogP contribution < -0.4 is 15.6 Å². The van der Waals surface area contributed by atoms with Gasteiger partial charge in [-0.2, -0.15) is 0 Å². The number of carbonyl (C=O) groups is 4. The van der Waals surface area contributed by atoms with Crippen molar-refractivity contribution in [3.05, 3.63) is 52.9 Å². The maximum Gasteiger partial charge on any atom is 0.352 e. The van der Waals surface area contributed by atoms with Crippen LogP contribution in [0.15, 0.2) is 52.4 Å². The summed E-state index contributed by atoms with van der Waals surface area (Å²) in [6, 6.07) is 4.44. The quantitative estimate of drug-likeness (QED) is 0.136. The summed E-state index contributed by atoms with van der Waals surface area (Å²) in [6.45, 7) is 2.80. The molecule has 2 aromatic heterocycles. The number of carboxylic acid groups (broad SMARTS) is 2. The maximum atomic E-state index is 13.1. The van der Waals surface area contributed by atoms with Gasteiger partial charge in [0.15, 0.2) is 29.8 Å². The van der Waals surface area contributed by atoms with E-state index in [1.807, 2.05) is 22.8 Å². The Morgan fingerprint density at radius 3 is 2.49 bits per heavy atom. The number of thioether (sulfide) groups is 1. The molecule has 2 atom stereocenters. The second-order valence-corrected chi connectivity index (χ2v) is 10.6. The summed E-state index contributed by atoms with van der Waals surface area (Å²) in [5.74, 6) is -3.66. The Kier molecular flexibility index (Phi) is 10.3. The summed E-state index contributed by atoms with van der Waals surface area (Å²) in [7, 11) is 0. The van der Waals surface area contributed by atoms with Crippen LogP contribution in [0.3, 0.4) is 0 Å². The minimum Gasteiger partial charge on any atom is -0.478 e. The van der Waals surface area contributed by atoms with Crippen molar-refractivity contribution < 1.29 is 38.8 Å². The van der Waals surface area contributed by atoms with Crippen molar-refractivity contribution in [2.45, 2.75) is 37.4 Å². The summed E-state index contributed by atoms with van der Waals surface area (Å²) in [6.07, 6.45) is 3.59. The summed E-state index contributed by atoms with van der Waals surface area (Å²) in [4.78, 5) is 59.9. The lowest BCUT2D eigenvalue weighted by Crippen LogP contribution is -2.71. The summed E-state index contributed by atoms with van der Waals surface area (Å²) >= 11 is 2.35. The number of nitrogens with zero attached hydrogens (tertiary/aromatic N) is 4. The molecule has 4 rings (SSSR count). The number of nitrogens with two attached hydrogens (primary N) is 1. The van der Waals surface area contributed by atoms with Gasteiger partial charge in [0.2, 0.25) is 5.60 Å². The summed E-state index contributed by atoms with van der Waals surface area (Å²) < 4.78 is 1.81. The lowest BCUT2D eigenvalue weighted by molar-refractivity contribution is -0.689. The maximum absolute atomic E-state index is 13.1. The van der Waals surface area contributed by atoms with E-state index in [0.717, 1.165) is 11.3 Å². The van der Waals surface area contributed by atoms with Gasteiger partial charge >= 0.3 is 11.9 Å². The zero-order valence-corrected chi connectivity index (χ0v) is 23.7.